The quantitative estimate of drug-likeness (QED) is 0.521. The summed E-state index contributed by atoms with van der Waals surface area (Å²) in [7, 11) is 0. The third kappa shape index (κ3) is 6.91. The number of primary amides is 1. The summed E-state index contributed by atoms with van der Waals surface area (Å²) in [6, 6.07) is 13.5. The molecule has 6 heteroatoms. The number of nitrogens with zero attached hydrogens (tertiary/aromatic N) is 1. The molecule has 0 saturated heterocycles. The third-order valence-electron chi connectivity index (χ3n) is 3.54. The molecule has 3 N–H and O–H groups in total. The second kappa shape index (κ2) is 10.5. The van der Waals surface area contributed by atoms with E-state index in [1.54, 1.807) is 18.3 Å². The SMILES string of the molecule is NC(=O)c1ccc[n+](CCCC(=O)NCCc2ccccc2)c1.[Br-]. The molecule has 1 aromatic carbocycles. The molecule has 24 heavy (non-hydrogen) atoms. The molecule has 128 valence electrons. The van der Waals surface area contributed by atoms with Gasteiger partial charge < -0.3 is 28.0 Å². The molecule has 5 nitrogen and oxygen atoms in total. The lowest BCUT2D eigenvalue weighted by Crippen LogP contribution is -3.00. The minimum atomic E-state index is -0.446. The maximum absolute atomic E-state index is 11.8. The summed E-state index contributed by atoms with van der Waals surface area (Å²) in [5.74, 6) is -0.398. The van der Waals surface area contributed by atoms with Crippen molar-refractivity contribution in [3.63, 3.8) is 0 Å². The van der Waals surface area contributed by atoms with Crippen LogP contribution in [0.4, 0.5) is 0 Å². The van der Waals surface area contributed by atoms with E-state index < -0.39 is 5.91 Å². The van der Waals surface area contributed by atoms with Crippen molar-refractivity contribution in [2.45, 2.75) is 25.8 Å². The van der Waals surface area contributed by atoms with Crippen molar-refractivity contribution in [2.24, 2.45) is 5.73 Å². The minimum absolute atomic E-state index is 0. The Balaban J connectivity index is 0.00000288. The summed E-state index contributed by atoms with van der Waals surface area (Å²) in [6.07, 6.45) is 5.57. The number of aromatic nitrogens is 1. The lowest BCUT2D eigenvalue weighted by molar-refractivity contribution is -0.697. The highest BCUT2D eigenvalue weighted by Crippen LogP contribution is 1.99. The Morgan fingerprint density at radius 1 is 1.08 bits per heavy atom. The second-order valence-corrected chi connectivity index (χ2v) is 5.38. The van der Waals surface area contributed by atoms with Gasteiger partial charge in [-0.3, -0.25) is 9.59 Å². The first kappa shape index (κ1) is 19.8. The summed E-state index contributed by atoms with van der Waals surface area (Å²) in [5.41, 5.74) is 6.93. The topological polar surface area (TPSA) is 76.1 Å². The summed E-state index contributed by atoms with van der Waals surface area (Å²) in [4.78, 5) is 22.9. The Bertz CT molecular complexity index is 662. The molecule has 1 aromatic heterocycles. The number of benzene rings is 1. The second-order valence-electron chi connectivity index (χ2n) is 5.38. The van der Waals surface area contributed by atoms with E-state index in [0.717, 1.165) is 6.42 Å². The number of nitrogens with two attached hydrogens (primary N) is 1. The highest BCUT2D eigenvalue weighted by Gasteiger charge is 2.08. The van der Waals surface area contributed by atoms with Gasteiger partial charge in [0.2, 0.25) is 5.91 Å². The van der Waals surface area contributed by atoms with Crippen LogP contribution in [0.2, 0.25) is 0 Å². The number of hydrogen-bond acceptors (Lipinski definition) is 2. The van der Waals surface area contributed by atoms with Gasteiger partial charge in [0.1, 0.15) is 12.1 Å². The Morgan fingerprint density at radius 3 is 2.54 bits per heavy atom. The number of pyridine rings is 1. The number of carbonyl (C=O) groups excluding carboxylic acids is 2. The highest BCUT2D eigenvalue weighted by atomic mass is 79.9. The molecule has 0 aliphatic carbocycles. The maximum atomic E-state index is 11.8. The van der Waals surface area contributed by atoms with Gasteiger partial charge in [-0.05, 0) is 18.1 Å². The molecule has 0 bridgehead atoms. The molecular weight excluding hydrogens is 370 g/mol. The number of nitrogens with one attached hydrogen (secondary N) is 1. The van der Waals surface area contributed by atoms with Crippen molar-refractivity contribution in [3.05, 3.63) is 66.0 Å². The van der Waals surface area contributed by atoms with Crippen LogP contribution in [0.25, 0.3) is 0 Å². The molecule has 2 amide bonds. The van der Waals surface area contributed by atoms with Crippen molar-refractivity contribution in [2.75, 3.05) is 6.54 Å². The van der Waals surface area contributed by atoms with Crippen LogP contribution in [-0.2, 0) is 17.8 Å². The molecule has 0 aliphatic rings. The smallest absolute Gasteiger partial charge is 0.254 e. The van der Waals surface area contributed by atoms with Gasteiger partial charge in [0, 0.05) is 25.5 Å². The van der Waals surface area contributed by atoms with Gasteiger partial charge in [-0.25, -0.2) is 4.57 Å². The zero-order valence-electron chi connectivity index (χ0n) is 13.5. The summed E-state index contributed by atoms with van der Waals surface area (Å²) < 4.78 is 1.87. The van der Waals surface area contributed by atoms with Gasteiger partial charge in [0.15, 0.2) is 12.4 Å². The third-order valence-corrected chi connectivity index (χ3v) is 3.54. The van der Waals surface area contributed by atoms with Crippen LogP contribution in [0.15, 0.2) is 54.9 Å². The van der Waals surface area contributed by atoms with Gasteiger partial charge in [-0.1, -0.05) is 30.3 Å². The normalized spacial score (nSPS) is 9.83. The van der Waals surface area contributed by atoms with E-state index in [-0.39, 0.29) is 22.9 Å². The number of hydrogen-bond donors (Lipinski definition) is 2. The molecular formula is C18H22BrN3O2. The van der Waals surface area contributed by atoms with E-state index in [4.69, 9.17) is 5.73 Å². The van der Waals surface area contributed by atoms with Crippen LogP contribution in [-0.4, -0.2) is 18.4 Å². The fourth-order valence-electron chi connectivity index (χ4n) is 2.31. The van der Waals surface area contributed by atoms with Crippen molar-refractivity contribution < 1.29 is 31.1 Å². The zero-order valence-corrected chi connectivity index (χ0v) is 15.0. The minimum Gasteiger partial charge on any atom is -1.00 e. The predicted molar refractivity (Wildman–Crippen MR) is 87.5 cm³/mol. The number of halogens is 1. The van der Waals surface area contributed by atoms with Crippen LogP contribution in [0.3, 0.4) is 0 Å². The van der Waals surface area contributed by atoms with Crippen LogP contribution >= 0.6 is 0 Å². The number of amides is 2. The maximum Gasteiger partial charge on any atom is 0.254 e. The summed E-state index contributed by atoms with van der Waals surface area (Å²) in [5, 5.41) is 2.92. The molecule has 0 atom stereocenters. The fraction of sp³-hybridized carbons (Fsp3) is 0.278. The molecule has 0 aliphatic heterocycles. The average Bonchev–Trinajstić information content (AvgIpc) is 2.56. The molecule has 2 aromatic rings. The summed E-state index contributed by atoms with van der Waals surface area (Å²) >= 11 is 0. The largest absolute Gasteiger partial charge is 1.00 e. The van der Waals surface area contributed by atoms with Crippen molar-refractivity contribution in [1.29, 1.82) is 0 Å². The Hall–Kier alpha value is -2.21. The molecule has 2 rings (SSSR count). The van der Waals surface area contributed by atoms with Crippen molar-refractivity contribution in [1.82, 2.24) is 5.32 Å². The molecule has 0 unspecified atom stereocenters. The van der Waals surface area contributed by atoms with Gasteiger partial charge in [-0.2, -0.15) is 0 Å². The zero-order chi connectivity index (χ0) is 16.5. The standard InChI is InChI=1S/C18H21N3O2.BrH/c19-18(23)16-8-4-12-21(14-16)13-5-9-17(22)20-11-10-15-6-2-1-3-7-15;/h1-4,6-8,12,14H,5,9-11,13H2,(H2-,19,20,22,23);1H. The summed E-state index contributed by atoms with van der Waals surface area (Å²) in [6.45, 7) is 1.32. The van der Waals surface area contributed by atoms with Gasteiger partial charge in [-0.15, -0.1) is 0 Å². The van der Waals surface area contributed by atoms with Crippen LogP contribution in [0.1, 0.15) is 28.8 Å². The van der Waals surface area contributed by atoms with Crippen LogP contribution < -0.4 is 32.6 Å². The molecule has 0 radical (unpaired) electrons. The monoisotopic (exact) mass is 391 g/mol. The Labute approximate surface area is 152 Å². The highest BCUT2D eigenvalue weighted by molar-refractivity contribution is 5.92. The van der Waals surface area contributed by atoms with Crippen LogP contribution in [0, 0.1) is 0 Å². The number of carbonyl (C=O) groups is 2. The molecule has 0 spiro atoms. The predicted octanol–water partition coefficient (Wildman–Crippen LogP) is -1.78. The average molecular weight is 392 g/mol. The Morgan fingerprint density at radius 2 is 1.83 bits per heavy atom. The number of aryl methyl sites for hydroxylation is 1. The lowest BCUT2D eigenvalue weighted by atomic mass is 10.1. The first-order chi connectivity index (χ1) is 11.1. The molecule has 1 heterocycles. The Kier molecular flexibility index (Phi) is 8.71. The molecule has 0 fully saturated rings. The van der Waals surface area contributed by atoms with Gasteiger partial charge in [0.25, 0.3) is 5.91 Å². The first-order valence-electron chi connectivity index (χ1n) is 7.74. The van der Waals surface area contributed by atoms with Gasteiger partial charge in [0.05, 0.1) is 0 Å². The van der Waals surface area contributed by atoms with Crippen LogP contribution in [0.5, 0.6) is 0 Å². The van der Waals surface area contributed by atoms with E-state index in [1.807, 2.05) is 29.0 Å². The first-order valence-corrected chi connectivity index (χ1v) is 7.74. The van der Waals surface area contributed by atoms with Crippen molar-refractivity contribution in [3.8, 4) is 0 Å². The van der Waals surface area contributed by atoms with E-state index in [2.05, 4.69) is 17.4 Å². The fourth-order valence-corrected chi connectivity index (χ4v) is 2.31. The van der Waals surface area contributed by atoms with Crippen molar-refractivity contribution >= 4 is 11.8 Å². The van der Waals surface area contributed by atoms with E-state index in [9.17, 15) is 9.59 Å². The molecule has 0 saturated carbocycles. The van der Waals surface area contributed by atoms with E-state index in [1.165, 1.54) is 5.56 Å². The number of rotatable bonds is 8. The van der Waals surface area contributed by atoms with Gasteiger partial charge >= 0.3 is 0 Å². The van der Waals surface area contributed by atoms with E-state index in [0.29, 0.717) is 31.5 Å². The lowest BCUT2D eigenvalue weighted by Gasteiger charge is -2.04. The van der Waals surface area contributed by atoms with E-state index >= 15 is 0 Å².